The number of pyridine rings is 1. The molecule has 2 aliphatic heterocycles. The van der Waals surface area contributed by atoms with Crippen LogP contribution in [0, 0.1) is 11.8 Å². The average Bonchev–Trinajstić information content (AvgIpc) is 2.78. The molecular weight excluding hydrogens is 364 g/mol. The van der Waals surface area contributed by atoms with Crippen LogP contribution in [-0.2, 0) is 11.3 Å². The van der Waals surface area contributed by atoms with Crippen LogP contribution in [0.15, 0.2) is 36.9 Å². The lowest BCUT2D eigenvalue weighted by Crippen LogP contribution is -2.41. The SMILES string of the molecule is CC1CCCN(c2cc(N3CCC(C(=O)NCc4cccnc4)CC3)ncn2)C1. The summed E-state index contributed by atoms with van der Waals surface area (Å²) in [5, 5.41) is 3.05. The van der Waals surface area contributed by atoms with E-state index in [1.807, 2.05) is 12.1 Å². The van der Waals surface area contributed by atoms with Gasteiger partial charge in [-0.05, 0) is 43.2 Å². The fraction of sp³-hybridized carbons (Fsp3) is 0.545. The molecule has 4 rings (SSSR count). The molecule has 0 spiro atoms. The van der Waals surface area contributed by atoms with Gasteiger partial charge in [0.2, 0.25) is 5.91 Å². The van der Waals surface area contributed by atoms with Gasteiger partial charge in [0.05, 0.1) is 0 Å². The molecule has 2 aromatic rings. The third-order valence-electron chi connectivity index (χ3n) is 6.00. The van der Waals surface area contributed by atoms with E-state index in [-0.39, 0.29) is 11.8 Å². The van der Waals surface area contributed by atoms with E-state index >= 15 is 0 Å². The molecule has 0 saturated carbocycles. The van der Waals surface area contributed by atoms with Gasteiger partial charge in [0.1, 0.15) is 18.0 Å². The molecule has 0 bridgehead atoms. The van der Waals surface area contributed by atoms with Crippen LogP contribution < -0.4 is 15.1 Å². The van der Waals surface area contributed by atoms with Crippen LogP contribution in [0.5, 0.6) is 0 Å². The van der Waals surface area contributed by atoms with Crippen molar-refractivity contribution in [1.82, 2.24) is 20.3 Å². The van der Waals surface area contributed by atoms with E-state index in [1.165, 1.54) is 12.8 Å². The van der Waals surface area contributed by atoms with Crippen LogP contribution in [0.25, 0.3) is 0 Å². The summed E-state index contributed by atoms with van der Waals surface area (Å²) >= 11 is 0. The molecule has 1 atom stereocenters. The van der Waals surface area contributed by atoms with Gasteiger partial charge in [-0.15, -0.1) is 0 Å². The normalized spacial score (nSPS) is 20.5. The van der Waals surface area contributed by atoms with E-state index in [4.69, 9.17) is 0 Å². The Morgan fingerprint density at radius 2 is 1.93 bits per heavy atom. The standard InChI is InChI=1S/C22H30N6O/c1-17-4-3-9-28(15-17)21-12-20(25-16-26-21)27-10-6-19(7-11-27)22(29)24-14-18-5-2-8-23-13-18/h2,5,8,12-13,16-17,19H,3-4,6-7,9-11,14-15H2,1H3,(H,24,29). The Bertz CT molecular complexity index is 806. The van der Waals surface area contributed by atoms with E-state index in [1.54, 1.807) is 18.7 Å². The van der Waals surface area contributed by atoms with Gasteiger partial charge >= 0.3 is 0 Å². The lowest BCUT2D eigenvalue weighted by Gasteiger charge is -2.34. The first-order valence-electron chi connectivity index (χ1n) is 10.7. The van der Waals surface area contributed by atoms with E-state index in [9.17, 15) is 4.79 Å². The number of aromatic nitrogens is 3. The van der Waals surface area contributed by atoms with E-state index in [0.29, 0.717) is 12.5 Å². The molecule has 2 aromatic heterocycles. The topological polar surface area (TPSA) is 74.2 Å². The van der Waals surface area contributed by atoms with Gasteiger partial charge in [0.25, 0.3) is 0 Å². The summed E-state index contributed by atoms with van der Waals surface area (Å²) in [4.78, 5) is 30.3. The maximum atomic E-state index is 12.5. The Balaban J connectivity index is 1.30. The number of carbonyl (C=O) groups excluding carboxylic acids is 1. The van der Waals surface area contributed by atoms with Crippen molar-refractivity contribution in [2.24, 2.45) is 11.8 Å². The Kier molecular flexibility index (Phi) is 6.22. The minimum Gasteiger partial charge on any atom is -0.356 e. The fourth-order valence-electron chi connectivity index (χ4n) is 4.29. The second kappa shape index (κ2) is 9.20. The molecule has 0 aliphatic carbocycles. The summed E-state index contributed by atoms with van der Waals surface area (Å²) in [6, 6.07) is 5.98. The summed E-state index contributed by atoms with van der Waals surface area (Å²) in [5.74, 6) is 2.91. The summed E-state index contributed by atoms with van der Waals surface area (Å²) in [6.45, 7) is 6.67. The van der Waals surface area contributed by atoms with Gasteiger partial charge in [0.15, 0.2) is 0 Å². The molecule has 2 fully saturated rings. The minimum atomic E-state index is 0.0622. The van der Waals surface area contributed by atoms with E-state index in [0.717, 1.165) is 56.2 Å². The maximum Gasteiger partial charge on any atom is 0.223 e. The average molecular weight is 395 g/mol. The van der Waals surface area contributed by atoms with Crippen molar-refractivity contribution in [3.63, 3.8) is 0 Å². The number of rotatable bonds is 5. The van der Waals surface area contributed by atoms with Gasteiger partial charge in [-0.2, -0.15) is 0 Å². The van der Waals surface area contributed by atoms with Gasteiger partial charge in [0, 0.05) is 57.1 Å². The third-order valence-corrected chi connectivity index (χ3v) is 6.00. The zero-order valence-electron chi connectivity index (χ0n) is 17.1. The summed E-state index contributed by atoms with van der Waals surface area (Å²) in [5.41, 5.74) is 1.03. The van der Waals surface area contributed by atoms with Gasteiger partial charge in [-0.1, -0.05) is 13.0 Å². The number of anilines is 2. The molecule has 154 valence electrons. The van der Waals surface area contributed by atoms with Crippen molar-refractivity contribution in [3.8, 4) is 0 Å². The highest BCUT2D eigenvalue weighted by Crippen LogP contribution is 2.26. The van der Waals surface area contributed by atoms with Crippen LogP contribution >= 0.6 is 0 Å². The summed E-state index contributed by atoms with van der Waals surface area (Å²) in [6.07, 6.45) is 9.42. The first-order chi connectivity index (χ1) is 14.2. The van der Waals surface area contributed by atoms with Crippen molar-refractivity contribution in [3.05, 3.63) is 42.5 Å². The predicted molar refractivity (Wildman–Crippen MR) is 114 cm³/mol. The number of hydrogen-bond acceptors (Lipinski definition) is 6. The van der Waals surface area contributed by atoms with Crippen molar-refractivity contribution >= 4 is 17.5 Å². The largest absolute Gasteiger partial charge is 0.356 e. The molecule has 1 unspecified atom stereocenters. The number of nitrogens with zero attached hydrogens (tertiary/aromatic N) is 5. The molecule has 29 heavy (non-hydrogen) atoms. The molecule has 7 heteroatoms. The van der Waals surface area contributed by atoms with Gasteiger partial charge < -0.3 is 15.1 Å². The Hall–Kier alpha value is -2.70. The van der Waals surface area contributed by atoms with Crippen LogP contribution in [0.3, 0.4) is 0 Å². The lowest BCUT2D eigenvalue weighted by molar-refractivity contribution is -0.125. The van der Waals surface area contributed by atoms with Crippen molar-refractivity contribution in [1.29, 1.82) is 0 Å². The zero-order valence-corrected chi connectivity index (χ0v) is 17.1. The second-order valence-electron chi connectivity index (χ2n) is 8.27. The highest BCUT2D eigenvalue weighted by Gasteiger charge is 2.26. The second-order valence-corrected chi connectivity index (χ2v) is 8.27. The molecule has 2 aliphatic rings. The summed E-state index contributed by atoms with van der Waals surface area (Å²) in [7, 11) is 0. The summed E-state index contributed by atoms with van der Waals surface area (Å²) < 4.78 is 0. The molecule has 1 amide bonds. The maximum absolute atomic E-state index is 12.5. The van der Waals surface area contributed by atoms with E-state index in [2.05, 4.69) is 43.1 Å². The number of hydrogen-bond donors (Lipinski definition) is 1. The quantitative estimate of drug-likeness (QED) is 0.840. The van der Waals surface area contributed by atoms with Crippen molar-refractivity contribution < 1.29 is 4.79 Å². The minimum absolute atomic E-state index is 0.0622. The van der Waals surface area contributed by atoms with Crippen molar-refractivity contribution in [2.75, 3.05) is 36.0 Å². The van der Waals surface area contributed by atoms with Gasteiger partial charge in [-0.3, -0.25) is 9.78 Å². The molecule has 0 aromatic carbocycles. The highest BCUT2D eigenvalue weighted by atomic mass is 16.1. The molecule has 1 N–H and O–H groups in total. The Morgan fingerprint density at radius 3 is 2.66 bits per heavy atom. The number of carbonyl (C=O) groups is 1. The van der Waals surface area contributed by atoms with Crippen LogP contribution in [0.4, 0.5) is 11.6 Å². The van der Waals surface area contributed by atoms with Gasteiger partial charge in [-0.25, -0.2) is 9.97 Å². The lowest BCUT2D eigenvalue weighted by atomic mass is 9.96. The highest BCUT2D eigenvalue weighted by molar-refractivity contribution is 5.79. The van der Waals surface area contributed by atoms with Crippen LogP contribution in [0.1, 0.15) is 38.2 Å². The molecule has 7 nitrogen and oxygen atoms in total. The molecule has 0 radical (unpaired) electrons. The first-order valence-corrected chi connectivity index (χ1v) is 10.7. The Morgan fingerprint density at radius 1 is 1.14 bits per heavy atom. The Labute approximate surface area is 172 Å². The van der Waals surface area contributed by atoms with Crippen molar-refractivity contribution in [2.45, 2.75) is 39.2 Å². The predicted octanol–water partition coefficient (Wildman–Crippen LogP) is 2.64. The third kappa shape index (κ3) is 5.02. The fourth-order valence-corrected chi connectivity index (χ4v) is 4.29. The monoisotopic (exact) mass is 394 g/mol. The van der Waals surface area contributed by atoms with Crippen LogP contribution in [-0.4, -0.2) is 47.0 Å². The molecule has 4 heterocycles. The molecular formula is C22H30N6O. The van der Waals surface area contributed by atoms with E-state index < -0.39 is 0 Å². The number of piperidine rings is 2. The smallest absolute Gasteiger partial charge is 0.223 e. The zero-order chi connectivity index (χ0) is 20.1. The van der Waals surface area contributed by atoms with Crippen LogP contribution in [0.2, 0.25) is 0 Å². The number of amides is 1. The first kappa shape index (κ1) is 19.6. The molecule has 2 saturated heterocycles. The number of nitrogens with one attached hydrogen (secondary N) is 1.